The molecule has 1 aromatic rings. The van der Waals surface area contributed by atoms with Crippen LogP contribution in [0.2, 0.25) is 0 Å². The zero-order valence-corrected chi connectivity index (χ0v) is 11.0. The Morgan fingerprint density at radius 2 is 2.13 bits per heavy atom. The summed E-state index contributed by atoms with van der Waals surface area (Å²) in [6.45, 7) is 4.35. The third-order valence-electron chi connectivity index (χ3n) is 2.41. The lowest BCUT2D eigenvalue weighted by atomic mass is 10.2. The molecule has 0 saturated heterocycles. The van der Waals surface area contributed by atoms with Gasteiger partial charge in [0.15, 0.2) is 0 Å². The van der Waals surface area contributed by atoms with E-state index in [0.29, 0.717) is 0 Å². The van der Waals surface area contributed by atoms with Crippen molar-refractivity contribution in [1.82, 2.24) is 4.90 Å². The van der Waals surface area contributed by atoms with Crippen LogP contribution >= 0.6 is 15.9 Å². The number of nitrogen functional groups attached to an aromatic ring is 1. The van der Waals surface area contributed by atoms with Crippen LogP contribution in [0.25, 0.3) is 0 Å². The van der Waals surface area contributed by atoms with Gasteiger partial charge in [-0.25, -0.2) is 0 Å². The van der Waals surface area contributed by atoms with Gasteiger partial charge in [-0.1, -0.05) is 19.4 Å². The van der Waals surface area contributed by atoms with E-state index in [4.69, 9.17) is 5.73 Å². The molecule has 1 aromatic carbocycles. The molecule has 0 spiro atoms. The van der Waals surface area contributed by atoms with Crippen molar-refractivity contribution in [3.8, 4) is 0 Å². The van der Waals surface area contributed by atoms with Gasteiger partial charge in [0.2, 0.25) is 0 Å². The van der Waals surface area contributed by atoms with E-state index in [1.807, 2.05) is 6.07 Å². The standard InChI is InChI=1S/C12H19BrN2/c1-3-4-7-15(2)9-10-5-6-12(14)11(13)8-10/h5-6,8H,3-4,7,9,14H2,1-2H3. The summed E-state index contributed by atoms with van der Waals surface area (Å²) >= 11 is 3.45. The Kier molecular flexibility index (Phi) is 5.12. The Balaban J connectivity index is 2.53. The normalized spacial score (nSPS) is 10.9. The van der Waals surface area contributed by atoms with Gasteiger partial charge in [-0.3, -0.25) is 0 Å². The lowest BCUT2D eigenvalue weighted by Gasteiger charge is -2.16. The van der Waals surface area contributed by atoms with Gasteiger partial charge >= 0.3 is 0 Å². The first-order valence-electron chi connectivity index (χ1n) is 5.36. The highest BCUT2D eigenvalue weighted by atomic mass is 79.9. The number of rotatable bonds is 5. The monoisotopic (exact) mass is 270 g/mol. The maximum absolute atomic E-state index is 5.74. The summed E-state index contributed by atoms with van der Waals surface area (Å²) in [4.78, 5) is 2.33. The average molecular weight is 271 g/mol. The fraction of sp³-hybridized carbons (Fsp3) is 0.500. The summed E-state index contributed by atoms with van der Waals surface area (Å²) in [6, 6.07) is 6.13. The number of nitrogens with zero attached hydrogens (tertiary/aromatic N) is 1. The van der Waals surface area contributed by atoms with Crippen LogP contribution in [-0.4, -0.2) is 18.5 Å². The minimum atomic E-state index is 0.801. The van der Waals surface area contributed by atoms with E-state index < -0.39 is 0 Å². The summed E-state index contributed by atoms with van der Waals surface area (Å²) in [6.07, 6.45) is 2.50. The maximum Gasteiger partial charge on any atom is 0.0458 e. The molecule has 84 valence electrons. The first-order valence-corrected chi connectivity index (χ1v) is 6.15. The summed E-state index contributed by atoms with van der Waals surface area (Å²) in [5.41, 5.74) is 7.84. The highest BCUT2D eigenvalue weighted by molar-refractivity contribution is 9.10. The zero-order chi connectivity index (χ0) is 11.3. The van der Waals surface area contributed by atoms with Crippen LogP contribution in [0.1, 0.15) is 25.3 Å². The van der Waals surface area contributed by atoms with E-state index in [9.17, 15) is 0 Å². The fourth-order valence-electron chi connectivity index (χ4n) is 1.49. The quantitative estimate of drug-likeness (QED) is 0.833. The molecule has 2 nitrogen and oxygen atoms in total. The Labute approximate surface area is 101 Å². The van der Waals surface area contributed by atoms with E-state index in [-0.39, 0.29) is 0 Å². The van der Waals surface area contributed by atoms with Crippen molar-refractivity contribution in [3.05, 3.63) is 28.2 Å². The first-order chi connectivity index (χ1) is 7.13. The second-order valence-electron chi connectivity index (χ2n) is 3.95. The van der Waals surface area contributed by atoms with Gasteiger partial charge in [0.25, 0.3) is 0 Å². The van der Waals surface area contributed by atoms with Crippen LogP contribution in [0.15, 0.2) is 22.7 Å². The van der Waals surface area contributed by atoms with E-state index >= 15 is 0 Å². The molecule has 0 saturated carbocycles. The summed E-state index contributed by atoms with van der Waals surface area (Å²) < 4.78 is 0.990. The molecule has 0 fully saturated rings. The van der Waals surface area contributed by atoms with Crippen molar-refractivity contribution in [3.63, 3.8) is 0 Å². The molecule has 0 aliphatic heterocycles. The number of benzene rings is 1. The molecule has 0 unspecified atom stereocenters. The van der Waals surface area contributed by atoms with Gasteiger partial charge in [-0.2, -0.15) is 0 Å². The maximum atomic E-state index is 5.74. The molecule has 0 atom stereocenters. The van der Waals surface area contributed by atoms with E-state index in [2.05, 4.69) is 46.9 Å². The highest BCUT2D eigenvalue weighted by Crippen LogP contribution is 2.21. The average Bonchev–Trinajstić information content (AvgIpc) is 2.20. The molecular weight excluding hydrogens is 252 g/mol. The van der Waals surface area contributed by atoms with Gasteiger partial charge in [0.05, 0.1) is 0 Å². The van der Waals surface area contributed by atoms with Gasteiger partial charge in [-0.05, 0) is 53.6 Å². The molecule has 1 rings (SSSR count). The molecule has 3 heteroatoms. The minimum absolute atomic E-state index is 0.801. The number of hydrogen-bond donors (Lipinski definition) is 1. The van der Waals surface area contributed by atoms with Crippen molar-refractivity contribution in [2.45, 2.75) is 26.3 Å². The van der Waals surface area contributed by atoms with Crippen LogP contribution in [0.5, 0.6) is 0 Å². The number of unbranched alkanes of at least 4 members (excludes halogenated alkanes) is 1. The second kappa shape index (κ2) is 6.13. The fourth-order valence-corrected chi connectivity index (χ4v) is 1.91. The van der Waals surface area contributed by atoms with Gasteiger partial charge in [0.1, 0.15) is 0 Å². The summed E-state index contributed by atoms with van der Waals surface area (Å²) in [5.74, 6) is 0. The molecule has 2 N–H and O–H groups in total. The molecular formula is C12H19BrN2. The Hall–Kier alpha value is -0.540. The Bertz CT molecular complexity index is 312. The molecule has 0 amide bonds. The highest BCUT2D eigenvalue weighted by Gasteiger charge is 2.01. The predicted molar refractivity (Wildman–Crippen MR) is 69.8 cm³/mol. The number of hydrogen-bond acceptors (Lipinski definition) is 2. The smallest absolute Gasteiger partial charge is 0.0458 e. The number of halogens is 1. The molecule has 0 aliphatic rings. The molecule has 0 bridgehead atoms. The lowest BCUT2D eigenvalue weighted by molar-refractivity contribution is 0.321. The minimum Gasteiger partial charge on any atom is -0.398 e. The topological polar surface area (TPSA) is 29.3 Å². The van der Waals surface area contributed by atoms with Gasteiger partial charge in [-0.15, -0.1) is 0 Å². The van der Waals surface area contributed by atoms with Crippen molar-refractivity contribution in [2.24, 2.45) is 0 Å². The van der Waals surface area contributed by atoms with Crippen LogP contribution in [0.3, 0.4) is 0 Å². The number of nitrogens with two attached hydrogens (primary N) is 1. The zero-order valence-electron chi connectivity index (χ0n) is 9.46. The second-order valence-corrected chi connectivity index (χ2v) is 4.80. The first kappa shape index (κ1) is 12.5. The molecule has 0 heterocycles. The number of anilines is 1. The van der Waals surface area contributed by atoms with Gasteiger partial charge in [0, 0.05) is 16.7 Å². The third kappa shape index (κ3) is 4.22. The SMILES string of the molecule is CCCCN(C)Cc1ccc(N)c(Br)c1. The van der Waals surface area contributed by atoms with E-state index in [1.54, 1.807) is 0 Å². The van der Waals surface area contributed by atoms with Gasteiger partial charge < -0.3 is 10.6 Å². The third-order valence-corrected chi connectivity index (χ3v) is 3.10. The predicted octanol–water partition coefficient (Wildman–Crippen LogP) is 3.26. The van der Waals surface area contributed by atoms with Crippen molar-refractivity contribution in [2.75, 3.05) is 19.3 Å². The van der Waals surface area contributed by atoms with Crippen LogP contribution < -0.4 is 5.73 Å². The Morgan fingerprint density at radius 1 is 1.40 bits per heavy atom. The van der Waals surface area contributed by atoms with E-state index in [1.165, 1.54) is 18.4 Å². The lowest BCUT2D eigenvalue weighted by Crippen LogP contribution is -2.18. The van der Waals surface area contributed by atoms with Crippen molar-refractivity contribution >= 4 is 21.6 Å². The van der Waals surface area contributed by atoms with E-state index in [0.717, 1.165) is 23.2 Å². The van der Waals surface area contributed by atoms with Crippen molar-refractivity contribution in [1.29, 1.82) is 0 Å². The molecule has 0 aliphatic carbocycles. The summed E-state index contributed by atoms with van der Waals surface area (Å²) in [5, 5.41) is 0. The Morgan fingerprint density at radius 3 is 2.73 bits per heavy atom. The molecule has 0 radical (unpaired) electrons. The summed E-state index contributed by atoms with van der Waals surface area (Å²) in [7, 11) is 2.15. The van der Waals surface area contributed by atoms with Crippen LogP contribution in [-0.2, 0) is 6.54 Å². The van der Waals surface area contributed by atoms with Crippen molar-refractivity contribution < 1.29 is 0 Å². The van der Waals surface area contributed by atoms with Crippen LogP contribution in [0.4, 0.5) is 5.69 Å². The largest absolute Gasteiger partial charge is 0.398 e. The molecule has 0 aromatic heterocycles. The van der Waals surface area contributed by atoms with Crippen LogP contribution in [0, 0.1) is 0 Å². The molecule has 15 heavy (non-hydrogen) atoms.